The van der Waals surface area contributed by atoms with Gasteiger partial charge in [-0.3, -0.25) is 14.5 Å². The van der Waals surface area contributed by atoms with Crippen molar-refractivity contribution in [3.05, 3.63) is 35.6 Å². The molecule has 0 spiro atoms. The van der Waals surface area contributed by atoms with E-state index in [0.717, 1.165) is 10.9 Å². The summed E-state index contributed by atoms with van der Waals surface area (Å²) in [6.07, 6.45) is 0.831. The van der Waals surface area contributed by atoms with E-state index in [1.165, 1.54) is 19.2 Å². The Morgan fingerprint density at radius 3 is 2.91 bits per heavy atom. The van der Waals surface area contributed by atoms with E-state index in [1.54, 1.807) is 11.0 Å². The molecule has 114 valence electrons. The summed E-state index contributed by atoms with van der Waals surface area (Å²) < 4.78 is 17.9. The van der Waals surface area contributed by atoms with Crippen LogP contribution < -0.4 is 4.90 Å². The van der Waals surface area contributed by atoms with Crippen LogP contribution in [-0.2, 0) is 20.7 Å². The maximum absolute atomic E-state index is 13.3. The molecule has 0 aliphatic carbocycles. The number of anilines is 1. The van der Waals surface area contributed by atoms with Gasteiger partial charge in [0.05, 0.1) is 19.0 Å². The zero-order valence-electron chi connectivity index (χ0n) is 12.1. The lowest BCUT2D eigenvalue weighted by atomic mass is 10.1. The van der Waals surface area contributed by atoms with Gasteiger partial charge in [-0.2, -0.15) is 0 Å². The Hall–Kier alpha value is -2.50. The van der Waals surface area contributed by atoms with E-state index in [4.69, 9.17) is 0 Å². The Bertz CT molecular complexity index is 760. The zero-order chi connectivity index (χ0) is 15.7. The minimum absolute atomic E-state index is 0.0450. The van der Waals surface area contributed by atoms with Crippen LogP contribution in [0.2, 0.25) is 0 Å². The lowest BCUT2D eigenvalue weighted by Crippen LogP contribution is -2.29. The molecular formula is C16H15FN2O3. The van der Waals surface area contributed by atoms with Gasteiger partial charge < -0.3 is 4.74 Å². The van der Waals surface area contributed by atoms with Crippen LogP contribution in [0.15, 0.2) is 24.3 Å². The van der Waals surface area contributed by atoms with Crippen molar-refractivity contribution in [2.24, 2.45) is 0 Å². The minimum atomic E-state index is -0.415. The summed E-state index contributed by atoms with van der Waals surface area (Å²) in [5, 5.41) is 0.851. The number of benzene rings is 1. The van der Waals surface area contributed by atoms with E-state index < -0.39 is 5.97 Å². The number of hydrogen-bond donors (Lipinski definition) is 0. The van der Waals surface area contributed by atoms with Crippen LogP contribution in [0.1, 0.15) is 18.4 Å². The normalized spacial score (nSPS) is 13.3. The SMILES string of the molecule is COC(=O)CCC(=O)N1CCc2cc3ccc(F)cc3nc21. The van der Waals surface area contributed by atoms with Crippen molar-refractivity contribution in [2.45, 2.75) is 19.3 Å². The summed E-state index contributed by atoms with van der Waals surface area (Å²) in [7, 11) is 1.29. The molecular weight excluding hydrogens is 287 g/mol. The Labute approximate surface area is 126 Å². The van der Waals surface area contributed by atoms with Crippen molar-refractivity contribution in [1.29, 1.82) is 0 Å². The summed E-state index contributed by atoms with van der Waals surface area (Å²) in [5.74, 6) is -0.386. The maximum Gasteiger partial charge on any atom is 0.306 e. The molecule has 2 aromatic rings. The highest BCUT2D eigenvalue weighted by atomic mass is 19.1. The molecule has 22 heavy (non-hydrogen) atoms. The van der Waals surface area contributed by atoms with Gasteiger partial charge in [0.25, 0.3) is 0 Å². The minimum Gasteiger partial charge on any atom is -0.469 e. The maximum atomic E-state index is 13.3. The zero-order valence-corrected chi connectivity index (χ0v) is 12.1. The second-order valence-corrected chi connectivity index (χ2v) is 5.18. The molecule has 0 radical (unpaired) electrons. The molecule has 0 unspecified atom stereocenters. The molecule has 1 aliphatic heterocycles. The van der Waals surface area contributed by atoms with Crippen LogP contribution in [-0.4, -0.2) is 30.5 Å². The molecule has 0 fully saturated rings. The predicted octanol–water partition coefficient (Wildman–Crippen LogP) is 2.22. The van der Waals surface area contributed by atoms with E-state index in [1.807, 2.05) is 6.07 Å². The summed E-state index contributed by atoms with van der Waals surface area (Å²) in [6.45, 7) is 0.529. The molecule has 1 aliphatic rings. The monoisotopic (exact) mass is 302 g/mol. The number of hydrogen-bond acceptors (Lipinski definition) is 4. The largest absolute Gasteiger partial charge is 0.469 e. The number of aromatic nitrogens is 1. The first kappa shape index (κ1) is 14.4. The van der Waals surface area contributed by atoms with E-state index in [0.29, 0.717) is 24.3 Å². The summed E-state index contributed by atoms with van der Waals surface area (Å²) in [6, 6.07) is 6.36. The fourth-order valence-electron chi connectivity index (χ4n) is 2.62. The highest BCUT2D eigenvalue weighted by Crippen LogP contribution is 2.30. The molecule has 1 aromatic carbocycles. The van der Waals surface area contributed by atoms with Crippen molar-refractivity contribution in [2.75, 3.05) is 18.6 Å². The van der Waals surface area contributed by atoms with Crippen LogP contribution in [0.4, 0.5) is 10.2 Å². The van der Waals surface area contributed by atoms with Gasteiger partial charge >= 0.3 is 5.97 Å². The molecule has 0 saturated heterocycles. The fraction of sp³-hybridized carbons (Fsp3) is 0.312. The van der Waals surface area contributed by atoms with Crippen molar-refractivity contribution in [3.63, 3.8) is 0 Å². The molecule has 5 nitrogen and oxygen atoms in total. The van der Waals surface area contributed by atoms with Gasteiger partial charge in [0.15, 0.2) is 0 Å². The Morgan fingerprint density at radius 1 is 1.32 bits per heavy atom. The van der Waals surface area contributed by atoms with Crippen molar-refractivity contribution in [1.82, 2.24) is 4.98 Å². The van der Waals surface area contributed by atoms with Gasteiger partial charge in [-0.15, -0.1) is 0 Å². The van der Waals surface area contributed by atoms with Crippen LogP contribution in [0.25, 0.3) is 10.9 Å². The highest BCUT2D eigenvalue weighted by Gasteiger charge is 2.26. The first-order valence-corrected chi connectivity index (χ1v) is 7.05. The number of fused-ring (bicyclic) bond motifs is 2. The Kier molecular flexibility index (Phi) is 3.75. The number of pyridine rings is 1. The second kappa shape index (κ2) is 5.71. The topological polar surface area (TPSA) is 59.5 Å². The van der Waals surface area contributed by atoms with Crippen LogP contribution >= 0.6 is 0 Å². The average molecular weight is 302 g/mol. The van der Waals surface area contributed by atoms with Crippen molar-refractivity contribution in [3.8, 4) is 0 Å². The van der Waals surface area contributed by atoms with E-state index in [-0.39, 0.29) is 24.6 Å². The van der Waals surface area contributed by atoms with Gasteiger partial charge in [0.1, 0.15) is 11.6 Å². The van der Waals surface area contributed by atoms with Gasteiger partial charge in [0.2, 0.25) is 5.91 Å². The molecule has 1 aromatic heterocycles. The van der Waals surface area contributed by atoms with E-state index in [9.17, 15) is 14.0 Å². The van der Waals surface area contributed by atoms with Crippen LogP contribution in [0, 0.1) is 5.82 Å². The smallest absolute Gasteiger partial charge is 0.306 e. The molecule has 3 rings (SSSR count). The molecule has 2 heterocycles. The third-order valence-electron chi connectivity index (χ3n) is 3.77. The third-order valence-corrected chi connectivity index (χ3v) is 3.77. The lowest BCUT2D eigenvalue weighted by Gasteiger charge is -2.16. The number of esters is 1. The predicted molar refractivity (Wildman–Crippen MR) is 79.0 cm³/mol. The summed E-state index contributed by atoms with van der Waals surface area (Å²) >= 11 is 0. The molecule has 0 saturated carbocycles. The first-order valence-electron chi connectivity index (χ1n) is 7.05. The molecule has 0 N–H and O–H groups in total. The second-order valence-electron chi connectivity index (χ2n) is 5.18. The van der Waals surface area contributed by atoms with Crippen molar-refractivity contribution < 1.29 is 18.7 Å². The van der Waals surface area contributed by atoms with Gasteiger partial charge in [0, 0.05) is 24.4 Å². The number of methoxy groups -OCH3 is 1. The standard InChI is InChI=1S/C16H15FN2O3/c1-22-15(21)5-4-14(20)19-7-6-11-8-10-2-3-12(17)9-13(10)18-16(11)19/h2-3,8-9H,4-7H2,1H3. The lowest BCUT2D eigenvalue weighted by molar-refractivity contribution is -0.141. The summed E-state index contributed by atoms with van der Waals surface area (Å²) in [5.41, 5.74) is 1.48. The van der Waals surface area contributed by atoms with Gasteiger partial charge in [-0.05, 0) is 30.2 Å². The molecule has 0 atom stereocenters. The van der Waals surface area contributed by atoms with Gasteiger partial charge in [-0.1, -0.05) is 0 Å². The van der Waals surface area contributed by atoms with Crippen LogP contribution in [0.3, 0.4) is 0 Å². The third kappa shape index (κ3) is 2.64. The number of amides is 1. The quantitative estimate of drug-likeness (QED) is 0.816. The number of carbonyl (C=O) groups is 2. The summed E-state index contributed by atoms with van der Waals surface area (Å²) in [4.78, 5) is 29.3. The number of ether oxygens (including phenoxy) is 1. The first-order chi connectivity index (χ1) is 10.6. The Balaban J connectivity index is 1.87. The Morgan fingerprint density at radius 2 is 2.14 bits per heavy atom. The molecule has 0 bridgehead atoms. The number of rotatable bonds is 3. The number of carbonyl (C=O) groups excluding carboxylic acids is 2. The van der Waals surface area contributed by atoms with E-state index in [2.05, 4.69) is 9.72 Å². The fourth-order valence-corrected chi connectivity index (χ4v) is 2.62. The van der Waals surface area contributed by atoms with E-state index >= 15 is 0 Å². The number of halogens is 1. The highest BCUT2D eigenvalue weighted by molar-refractivity contribution is 5.97. The average Bonchev–Trinajstić information content (AvgIpc) is 2.92. The van der Waals surface area contributed by atoms with Gasteiger partial charge in [-0.25, -0.2) is 9.37 Å². The molecule has 1 amide bonds. The number of nitrogens with zero attached hydrogens (tertiary/aromatic N) is 2. The molecule has 6 heteroatoms. The van der Waals surface area contributed by atoms with Crippen LogP contribution in [0.5, 0.6) is 0 Å². The van der Waals surface area contributed by atoms with Crippen molar-refractivity contribution >= 4 is 28.6 Å².